The molecular formula is C19H24N4O6S. The first kappa shape index (κ1) is 20.6. The van der Waals surface area contributed by atoms with Gasteiger partial charge in [0.25, 0.3) is 5.91 Å². The van der Waals surface area contributed by atoms with Gasteiger partial charge in [0.15, 0.2) is 5.58 Å². The molecule has 1 N–H and O–H groups in total. The quantitative estimate of drug-likeness (QED) is 0.685. The highest BCUT2D eigenvalue weighted by molar-refractivity contribution is 7.89. The van der Waals surface area contributed by atoms with Crippen molar-refractivity contribution < 1.29 is 22.4 Å². The van der Waals surface area contributed by atoms with E-state index in [1.54, 1.807) is 24.3 Å². The zero-order valence-electron chi connectivity index (χ0n) is 16.6. The summed E-state index contributed by atoms with van der Waals surface area (Å²) in [5, 5.41) is 2.87. The summed E-state index contributed by atoms with van der Waals surface area (Å²) >= 11 is 0. The minimum Gasteiger partial charge on any atom is -0.408 e. The number of sulfonamides is 1. The number of nitrogens with one attached hydrogen (secondary N) is 1. The molecule has 2 aliphatic rings. The molecule has 1 aromatic carbocycles. The molecule has 2 aliphatic heterocycles. The van der Waals surface area contributed by atoms with Crippen molar-refractivity contribution in [2.45, 2.75) is 38.4 Å². The third-order valence-corrected chi connectivity index (χ3v) is 7.31. The average molecular weight is 436 g/mol. The Morgan fingerprint density at radius 1 is 1.27 bits per heavy atom. The summed E-state index contributed by atoms with van der Waals surface area (Å²) in [6.07, 6.45) is 0.882. The maximum atomic E-state index is 12.8. The molecular weight excluding hydrogens is 412 g/mol. The first-order valence-electron chi connectivity index (χ1n) is 9.96. The number of carbonyl (C=O) groups excluding carboxylic acids is 2. The summed E-state index contributed by atoms with van der Waals surface area (Å²) in [4.78, 5) is 39.3. The number of nitrogens with zero attached hydrogens (tertiary/aromatic N) is 3. The maximum absolute atomic E-state index is 12.8. The van der Waals surface area contributed by atoms with Crippen molar-refractivity contribution in [1.29, 1.82) is 0 Å². The Morgan fingerprint density at radius 2 is 2.03 bits per heavy atom. The third kappa shape index (κ3) is 3.74. The monoisotopic (exact) mass is 436 g/mol. The van der Waals surface area contributed by atoms with Gasteiger partial charge in [0.2, 0.25) is 15.9 Å². The van der Waals surface area contributed by atoms with Crippen molar-refractivity contribution in [2.24, 2.45) is 0 Å². The summed E-state index contributed by atoms with van der Waals surface area (Å²) in [5.41, 5.74) is 0.945. The van der Waals surface area contributed by atoms with Crippen molar-refractivity contribution >= 4 is 32.9 Å². The summed E-state index contributed by atoms with van der Waals surface area (Å²) < 4.78 is 32.1. The SMILES string of the molecule is CCCN1C(=O)[C@@H]2C[C@H](NC(=O)Cn3c(=O)oc4ccccc43)CN2CCS1(=O)=O. The van der Waals surface area contributed by atoms with Crippen LogP contribution >= 0.6 is 0 Å². The molecule has 0 bridgehead atoms. The van der Waals surface area contributed by atoms with Crippen LogP contribution in [-0.4, -0.2) is 71.5 Å². The normalized spacial score (nSPS) is 24.0. The molecule has 2 aromatic rings. The second-order valence-corrected chi connectivity index (χ2v) is 9.67. The number of para-hydroxylation sites is 2. The topological polar surface area (TPSA) is 122 Å². The summed E-state index contributed by atoms with van der Waals surface area (Å²) in [6.45, 7) is 2.43. The number of aromatic nitrogens is 1. The van der Waals surface area contributed by atoms with Crippen molar-refractivity contribution in [2.75, 3.05) is 25.4 Å². The lowest BCUT2D eigenvalue weighted by Gasteiger charge is -2.23. The fourth-order valence-electron chi connectivity index (χ4n) is 4.19. The van der Waals surface area contributed by atoms with Gasteiger partial charge in [0.05, 0.1) is 17.3 Å². The number of carbonyl (C=O) groups is 2. The van der Waals surface area contributed by atoms with E-state index in [1.165, 1.54) is 4.57 Å². The lowest BCUT2D eigenvalue weighted by Crippen LogP contribution is -2.44. The Hall–Kier alpha value is -2.66. The minimum atomic E-state index is -3.61. The molecule has 4 rings (SSSR count). The van der Waals surface area contributed by atoms with Gasteiger partial charge in [-0.15, -0.1) is 0 Å². The molecule has 1 aromatic heterocycles. The van der Waals surface area contributed by atoms with Crippen LogP contribution in [0.25, 0.3) is 11.1 Å². The highest BCUT2D eigenvalue weighted by atomic mass is 32.2. The van der Waals surface area contributed by atoms with Crippen LogP contribution in [0.3, 0.4) is 0 Å². The van der Waals surface area contributed by atoms with E-state index in [-0.39, 0.29) is 37.3 Å². The summed E-state index contributed by atoms with van der Waals surface area (Å²) in [7, 11) is -3.61. The number of hydrogen-bond donors (Lipinski definition) is 1. The van der Waals surface area contributed by atoms with Crippen molar-refractivity contribution in [3.63, 3.8) is 0 Å². The Balaban J connectivity index is 1.45. The molecule has 10 nitrogen and oxygen atoms in total. The Kier molecular flexibility index (Phi) is 5.41. The van der Waals surface area contributed by atoms with Gasteiger partial charge in [-0.25, -0.2) is 17.5 Å². The summed E-state index contributed by atoms with van der Waals surface area (Å²) in [6, 6.07) is 5.98. The molecule has 0 aliphatic carbocycles. The maximum Gasteiger partial charge on any atom is 0.420 e. The van der Waals surface area contributed by atoms with E-state index in [4.69, 9.17) is 4.42 Å². The van der Waals surface area contributed by atoms with Gasteiger partial charge < -0.3 is 9.73 Å². The number of hydrogen-bond acceptors (Lipinski definition) is 7. The molecule has 162 valence electrons. The standard InChI is InChI=1S/C19H24N4O6S/c1-2-7-23-18(25)15-10-13(11-21(15)8-9-30(23,27)28)20-17(24)12-22-14-5-3-4-6-16(14)29-19(22)26/h3-6,13,15H,2,7-12H2,1H3,(H,20,24)/t13-,15-/m0/s1. The number of fused-ring (bicyclic) bond motifs is 2. The first-order valence-corrected chi connectivity index (χ1v) is 11.6. The molecule has 30 heavy (non-hydrogen) atoms. The molecule has 0 spiro atoms. The molecule has 2 saturated heterocycles. The van der Waals surface area contributed by atoms with E-state index in [9.17, 15) is 22.8 Å². The number of oxazole rings is 1. The fraction of sp³-hybridized carbons (Fsp3) is 0.526. The van der Waals surface area contributed by atoms with Gasteiger partial charge in [0.1, 0.15) is 6.54 Å². The predicted molar refractivity (Wildman–Crippen MR) is 108 cm³/mol. The number of amides is 2. The van der Waals surface area contributed by atoms with E-state index in [2.05, 4.69) is 5.32 Å². The van der Waals surface area contributed by atoms with Crippen LogP contribution in [-0.2, 0) is 26.2 Å². The molecule has 0 saturated carbocycles. The van der Waals surface area contributed by atoms with Crippen molar-refractivity contribution in [3.8, 4) is 0 Å². The van der Waals surface area contributed by atoms with Gasteiger partial charge in [-0.1, -0.05) is 19.1 Å². The number of benzene rings is 1. The lowest BCUT2D eigenvalue weighted by molar-refractivity contribution is -0.130. The molecule has 0 unspecified atom stereocenters. The van der Waals surface area contributed by atoms with Crippen LogP contribution < -0.4 is 11.1 Å². The van der Waals surface area contributed by atoms with Crippen LogP contribution in [0.5, 0.6) is 0 Å². The molecule has 3 heterocycles. The van der Waals surface area contributed by atoms with E-state index in [0.29, 0.717) is 30.5 Å². The van der Waals surface area contributed by atoms with Crippen LogP contribution in [0, 0.1) is 0 Å². The highest BCUT2D eigenvalue weighted by Gasteiger charge is 2.44. The largest absolute Gasteiger partial charge is 0.420 e. The highest BCUT2D eigenvalue weighted by Crippen LogP contribution is 2.25. The Morgan fingerprint density at radius 3 is 2.80 bits per heavy atom. The van der Waals surface area contributed by atoms with Crippen molar-refractivity contribution in [3.05, 3.63) is 34.8 Å². The number of rotatable bonds is 5. The molecule has 2 fully saturated rings. The fourth-order valence-corrected chi connectivity index (χ4v) is 5.73. The smallest absolute Gasteiger partial charge is 0.408 e. The Bertz CT molecular complexity index is 1140. The van der Waals surface area contributed by atoms with Crippen LogP contribution in [0.1, 0.15) is 19.8 Å². The second-order valence-electron chi connectivity index (χ2n) is 7.66. The van der Waals surface area contributed by atoms with E-state index in [0.717, 1.165) is 4.31 Å². The third-order valence-electron chi connectivity index (χ3n) is 5.57. The van der Waals surface area contributed by atoms with E-state index < -0.39 is 27.7 Å². The molecule has 0 radical (unpaired) electrons. The summed E-state index contributed by atoms with van der Waals surface area (Å²) in [5.74, 6) is -1.52. The second kappa shape index (κ2) is 7.88. The molecule has 11 heteroatoms. The van der Waals surface area contributed by atoms with Crippen LogP contribution in [0.15, 0.2) is 33.5 Å². The first-order chi connectivity index (χ1) is 14.3. The van der Waals surface area contributed by atoms with Crippen LogP contribution in [0.4, 0.5) is 0 Å². The van der Waals surface area contributed by atoms with Crippen molar-refractivity contribution in [1.82, 2.24) is 19.1 Å². The zero-order valence-corrected chi connectivity index (χ0v) is 17.4. The van der Waals surface area contributed by atoms with Gasteiger partial charge in [-0.3, -0.25) is 19.1 Å². The van der Waals surface area contributed by atoms with E-state index >= 15 is 0 Å². The van der Waals surface area contributed by atoms with Gasteiger partial charge in [-0.05, 0) is 25.0 Å². The Labute approximate surface area is 173 Å². The van der Waals surface area contributed by atoms with Gasteiger partial charge in [0, 0.05) is 25.7 Å². The average Bonchev–Trinajstić information content (AvgIpc) is 3.22. The van der Waals surface area contributed by atoms with Crippen LogP contribution in [0.2, 0.25) is 0 Å². The van der Waals surface area contributed by atoms with E-state index in [1.807, 2.05) is 11.8 Å². The predicted octanol–water partition coefficient (Wildman–Crippen LogP) is -0.264. The molecule has 2 amide bonds. The van der Waals surface area contributed by atoms with Gasteiger partial charge in [-0.2, -0.15) is 0 Å². The molecule has 2 atom stereocenters. The van der Waals surface area contributed by atoms with Gasteiger partial charge >= 0.3 is 5.76 Å². The minimum absolute atomic E-state index is 0.119. The zero-order chi connectivity index (χ0) is 21.5. The lowest BCUT2D eigenvalue weighted by atomic mass is 10.1.